The van der Waals surface area contributed by atoms with Gasteiger partial charge in [0, 0.05) is 6.07 Å². The van der Waals surface area contributed by atoms with E-state index in [2.05, 4.69) is 10.5 Å². The number of anilines is 1. The zero-order valence-corrected chi connectivity index (χ0v) is 17.0. The Morgan fingerprint density at radius 2 is 1.93 bits per heavy atom. The van der Waals surface area contributed by atoms with Gasteiger partial charge in [0.2, 0.25) is 10.0 Å². The van der Waals surface area contributed by atoms with E-state index in [1.54, 1.807) is 12.1 Å². The van der Waals surface area contributed by atoms with Crippen molar-refractivity contribution in [2.75, 3.05) is 31.3 Å². The number of hydrogen-bond acceptors (Lipinski definition) is 6. The lowest BCUT2D eigenvalue weighted by molar-refractivity contribution is -0.119. The Labute approximate surface area is 164 Å². The number of nitrogens with zero attached hydrogens (tertiary/aromatic N) is 2. The Bertz CT molecular complexity index is 973. The minimum Gasteiger partial charge on any atom is -0.497 e. The van der Waals surface area contributed by atoms with E-state index in [0.717, 1.165) is 21.7 Å². The van der Waals surface area contributed by atoms with E-state index < -0.39 is 22.5 Å². The van der Waals surface area contributed by atoms with Crippen molar-refractivity contribution in [2.24, 2.45) is 5.10 Å². The van der Waals surface area contributed by atoms with Crippen LogP contribution in [0.1, 0.15) is 11.1 Å². The van der Waals surface area contributed by atoms with Crippen LogP contribution in [0.25, 0.3) is 0 Å². The molecule has 0 aliphatic heterocycles. The summed E-state index contributed by atoms with van der Waals surface area (Å²) in [6, 6.07) is 12.2. The Hall–Kier alpha value is -3.07. The van der Waals surface area contributed by atoms with E-state index in [1.165, 1.54) is 26.5 Å². The van der Waals surface area contributed by atoms with Crippen LogP contribution in [0.3, 0.4) is 0 Å². The van der Waals surface area contributed by atoms with Crippen LogP contribution < -0.4 is 19.2 Å². The first-order valence-corrected chi connectivity index (χ1v) is 10.2. The second kappa shape index (κ2) is 9.23. The second-order valence-corrected chi connectivity index (χ2v) is 7.92. The fourth-order valence-electron chi connectivity index (χ4n) is 2.47. The lowest BCUT2D eigenvalue weighted by atomic mass is 10.2. The van der Waals surface area contributed by atoms with Crippen molar-refractivity contribution in [3.63, 3.8) is 0 Å². The molecule has 0 heterocycles. The van der Waals surface area contributed by atoms with Crippen molar-refractivity contribution < 1.29 is 22.7 Å². The van der Waals surface area contributed by atoms with Crippen LogP contribution in [-0.4, -0.2) is 47.6 Å². The molecule has 0 saturated heterocycles. The number of ether oxygens (including phenoxy) is 2. The normalized spacial score (nSPS) is 11.3. The molecule has 0 radical (unpaired) electrons. The number of hydrogen-bond donors (Lipinski definition) is 1. The maximum atomic E-state index is 12.3. The number of methoxy groups -OCH3 is 2. The van der Waals surface area contributed by atoms with E-state index >= 15 is 0 Å². The first-order valence-electron chi connectivity index (χ1n) is 8.33. The molecular formula is C19H23N3O5S. The molecule has 9 heteroatoms. The van der Waals surface area contributed by atoms with E-state index in [1.807, 2.05) is 31.2 Å². The summed E-state index contributed by atoms with van der Waals surface area (Å²) in [5, 5.41) is 3.88. The predicted octanol–water partition coefficient (Wildman–Crippen LogP) is 1.93. The number of hydrazone groups is 1. The molecule has 0 fully saturated rings. The number of carbonyl (C=O) groups excluding carboxylic acids is 1. The van der Waals surface area contributed by atoms with Crippen LogP contribution in [0.4, 0.5) is 5.69 Å². The highest BCUT2D eigenvalue weighted by molar-refractivity contribution is 7.92. The van der Waals surface area contributed by atoms with Crippen LogP contribution >= 0.6 is 0 Å². The van der Waals surface area contributed by atoms with Crippen molar-refractivity contribution in [1.82, 2.24) is 5.43 Å². The molecule has 2 aromatic carbocycles. The summed E-state index contributed by atoms with van der Waals surface area (Å²) < 4.78 is 35.8. The summed E-state index contributed by atoms with van der Waals surface area (Å²) >= 11 is 0. The predicted molar refractivity (Wildman–Crippen MR) is 109 cm³/mol. The summed E-state index contributed by atoms with van der Waals surface area (Å²) in [5.74, 6) is 0.175. The highest BCUT2D eigenvalue weighted by Gasteiger charge is 2.24. The molecule has 0 unspecified atom stereocenters. The van der Waals surface area contributed by atoms with E-state index in [-0.39, 0.29) is 11.4 Å². The molecule has 0 saturated carbocycles. The minimum atomic E-state index is -3.75. The van der Waals surface area contributed by atoms with Crippen LogP contribution in [0, 0.1) is 6.92 Å². The van der Waals surface area contributed by atoms with Crippen molar-refractivity contribution in [3.8, 4) is 11.5 Å². The van der Waals surface area contributed by atoms with Gasteiger partial charge in [-0.15, -0.1) is 0 Å². The number of nitrogens with one attached hydrogen (secondary N) is 1. The zero-order valence-electron chi connectivity index (χ0n) is 16.2. The third-order valence-electron chi connectivity index (χ3n) is 3.79. The maximum Gasteiger partial charge on any atom is 0.260 e. The molecule has 0 bridgehead atoms. The van der Waals surface area contributed by atoms with Crippen molar-refractivity contribution >= 4 is 27.8 Å². The highest BCUT2D eigenvalue weighted by atomic mass is 32.2. The molecule has 0 aliphatic rings. The molecule has 28 heavy (non-hydrogen) atoms. The number of benzene rings is 2. The molecule has 1 amide bonds. The summed E-state index contributed by atoms with van der Waals surface area (Å²) in [5.41, 5.74) is 4.44. The second-order valence-electron chi connectivity index (χ2n) is 6.01. The van der Waals surface area contributed by atoms with Crippen molar-refractivity contribution in [3.05, 3.63) is 53.6 Å². The fraction of sp³-hybridized carbons (Fsp3) is 0.263. The molecule has 0 aromatic heterocycles. The van der Waals surface area contributed by atoms with Gasteiger partial charge in [0.25, 0.3) is 5.91 Å². The Morgan fingerprint density at radius 3 is 2.54 bits per heavy atom. The van der Waals surface area contributed by atoms with Crippen LogP contribution in [-0.2, 0) is 14.8 Å². The molecule has 1 N–H and O–H groups in total. The van der Waals surface area contributed by atoms with Gasteiger partial charge in [-0.2, -0.15) is 5.10 Å². The average molecular weight is 405 g/mol. The monoisotopic (exact) mass is 405 g/mol. The summed E-state index contributed by atoms with van der Waals surface area (Å²) in [6.45, 7) is 1.49. The molecule has 0 atom stereocenters. The molecule has 2 rings (SSSR count). The number of carbonyl (C=O) groups is 1. The van der Waals surface area contributed by atoms with Gasteiger partial charge in [-0.3, -0.25) is 9.10 Å². The standard InChI is InChI=1S/C19H23N3O5S/c1-14-6-5-7-15(10-14)12-20-21-19(23)13-22(28(4,24)25)17-9-8-16(26-2)11-18(17)27-3/h5-12H,13H2,1-4H3,(H,21,23)/b20-12-. The summed E-state index contributed by atoms with van der Waals surface area (Å²) in [4.78, 5) is 12.3. The van der Waals surface area contributed by atoms with Gasteiger partial charge in [-0.05, 0) is 24.6 Å². The molecule has 2 aromatic rings. The number of aryl methyl sites for hydroxylation is 1. The Kier molecular flexibility index (Phi) is 7.00. The molecule has 0 aliphatic carbocycles. The van der Waals surface area contributed by atoms with Gasteiger partial charge in [0.1, 0.15) is 18.0 Å². The number of amides is 1. The summed E-state index contributed by atoms with van der Waals surface area (Å²) in [6.07, 6.45) is 2.50. The molecule has 150 valence electrons. The smallest absolute Gasteiger partial charge is 0.260 e. The minimum absolute atomic E-state index is 0.226. The molecular weight excluding hydrogens is 382 g/mol. The average Bonchev–Trinajstić information content (AvgIpc) is 2.65. The lowest BCUT2D eigenvalue weighted by Crippen LogP contribution is -2.39. The Morgan fingerprint density at radius 1 is 1.18 bits per heavy atom. The highest BCUT2D eigenvalue weighted by Crippen LogP contribution is 2.33. The van der Waals surface area contributed by atoms with Gasteiger partial charge in [-0.1, -0.05) is 29.8 Å². The van der Waals surface area contributed by atoms with Crippen LogP contribution in [0.15, 0.2) is 47.6 Å². The van der Waals surface area contributed by atoms with Gasteiger partial charge in [0.15, 0.2) is 0 Å². The SMILES string of the molecule is COc1ccc(N(CC(=O)N/N=C\c2cccc(C)c2)S(C)(=O)=O)c(OC)c1. The van der Waals surface area contributed by atoms with Gasteiger partial charge < -0.3 is 9.47 Å². The Balaban J connectivity index is 2.18. The topological polar surface area (TPSA) is 97.3 Å². The van der Waals surface area contributed by atoms with Crippen LogP contribution in [0.2, 0.25) is 0 Å². The molecule has 8 nitrogen and oxygen atoms in total. The van der Waals surface area contributed by atoms with E-state index in [9.17, 15) is 13.2 Å². The maximum absolute atomic E-state index is 12.3. The van der Waals surface area contributed by atoms with Gasteiger partial charge >= 0.3 is 0 Å². The van der Waals surface area contributed by atoms with Crippen molar-refractivity contribution in [2.45, 2.75) is 6.92 Å². The lowest BCUT2D eigenvalue weighted by Gasteiger charge is -2.23. The number of rotatable bonds is 8. The molecule has 0 spiro atoms. The van der Waals surface area contributed by atoms with Crippen molar-refractivity contribution in [1.29, 1.82) is 0 Å². The first-order chi connectivity index (χ1) is 13.2. The number of sulfonamides is 1. The zero-order chi connectivity index (χ0) is 20.7. The largest absolute Gasteiger partial charge is 0.497 e. The van der Waals surface area contributed by atoms with E-state index in [0.29, 0.717) is 5.75 Å². The van der Waals surface area contributed by atoms with Gasteiger partial charge in [-0.25, -0.2) is 13.8 Å². The summed E-state index contributed by atoms with van der Waals surface area (Å²) in [7, 11) is -0.852. The quantitative estimate of drug-likeness (QED) is 0.535. The first kappa shape index (κ1) is 21.2. The van der Waals surface area contributed by atoms with Gasteiger partial charge in [0.05, 0.1) is 32.4 Å². The third kappa shape index (κ3) is 5.71. The van der Waals surface area contributed by atoms with E-state index in [4.69, 9.17) is 9.47 Å². The fourth-order valence-corrected chi connectivity index (χ4v) is 3.33. The third-order valence-corrected chi connectivity index (χ3v) is 4.91. The van der Waals surface area contributed by atoms with Crippen LogP contribution in [0.5, 0.6) is 11.5 Å².